The van der Waals surface area contributed by atoms with Crippen LogP contribution in [0.2, 0.25) is 0 Å². The first kappa shape index (κ1) is 13.9. The van der Waals surface area contributed by atoms with E-state index in [-0.39, 0.29) is 0 Å². The average molecular weight is 312 g/mol. The molecular formula is C15H22BrNO. The van der Waals surface area contributed by atoms with Gasteiger partial charge in [-0.15, -0.1) is 0 Å². The lowest BCUT2D eigenvalue weighted by atomic mass is 9.84. The van der Waals surface area contributed by atoms with Gasteiger partial charge < -0.3 is 10.0 Å². The number of benzene rings is 1. The Balaban J connectivity index is 2.21. The molecule has 0 aromatic heterocycles. The van der Waals surface area contributed by atoms with Crippen molar-refractivity contribution in [3.8, 4) is 0 Å². The molecule has 1 aromatic rings. The Bertz CT molecular complexity index is 429. The van der Waals surface area contributed by atoms with E-state index < -0.39 is 6.10 Å². The van der Waals surface area contributed by atoms with Crippen LogP contribution in [0.3, 0.4) is 0 Å². The van der Waals surface area contributed by atoms with E-state index in [1.54, 1.807) is 6.92 Å². The normalized spacial score (nSPS) is 20.8. The Kier molecular flexibility index (Phi) is 4.02. The van der Waals surface area contributed by atoms with Crippen molar-refractivity contribution in [1.82, 2.24) is 0 Å². The molecule has 0 radical (unpaired) electrons. The lowest BCUT2D eigenvalue weighted by molar-refractivity contribution is 0.198. The van der Waals surface area contributed by atoms with E-state index in [1.165, 1.54) is 18.5 Å². The number of anilines is 1. The zero-order chi connectivity index (χ0) is 13.3. The minimum Gasteiger partial charge on any atom is -0.389 e. The van der Waals surface area contributed by atoms with Crippen molar-refractivity contribution in [1.29, 1.82) is 0 Å². The first-order chi connectivity index (χ1) is 8.39. The van der Waals surface area contributed by atoms with E-state index in [2.05, 4.69) is 46.8 Å². The van der Waals surface area contributed by atoms with Gasteiger partial charge in [-0.2, -0.15) is 0 Å². The molecule has 1 atom stereocenters. The molecule has 100 valence electrons. The molecule has 2 nitrogen and oxygen atoms in total. The number of halogens is 1. The summed E-state index contributed by atoms with van der Waals surface area (Å²) in [6, 6.07) is 6.27. The molecule has 1 aromatic carbocycles. The van der Waals surface area contributed by atoms with Crippen molar-refractivity contribution in [2.24, 2.45) is 5.41 Å². The van der Waals surface area contributed by atoms with Crippen molar-refractivity contribution < 1.29 is 5.11 Å². The Morgan fingerprint density at radius 3 is 2.67 bits per heavy atom. The average Bonchev–Trinajstić information content (AvgIpc) is 2.27. The maximum atomic E-state index is 9.65. The van der Waals surface area contributed by atoms with E-state index >= 15 is 0 Å². The smallest absolute Gasteiger partial charge is 0.0772 e. The molecule has 1 aliphatic rings. The van der Waals surface area contributed by atoms with Gasteiger partial charge in [-0.3, -0.25) is 0 Å². The Hall–Kier alpha value is -0.540. The van der Waals surface area contributed by atoms with Crippen LogP contribution in [0.5, 0.6) is 0 Å². The van der Waals surface area contributed by atoms with Gasteiger partial charge in [-0.1, -0.05) is 35.8 Å². The zero-order valence-electron chi connectivity index (χ0n) is 11.4. The van der Waals surface area contributed by atoms with Crippen molar-refractivity contribution in [3.63, 3.8) is 0 Å². The van der Waals surface area contributed by atoms with Crippen LogP contribution < -0.4 is 4.90 Å². The van der Waals surface area contributed by atoms with Gasteiger partial charge in [-0.25, -0.2) is 0 Å². The largest absolute Gasteiger partial charge is 0.389 e. The highest BCUT2D eigenvalue weighted by molar-refractivity contribution is 9.10. The first-order valence-electron chi connectivity index (χ1n) is 6.61. The lowest BCUT2D eigenvalue weighted by Crippen LogP contribution is -2.40. The van der Waals surface area contributed by atoms with Crippen LogP contribution in [0, 0.1) is 5.41 Å². The number of hydrogen-bond acceptors (Lipinski definition) is 2. The summed E-state index contributed by atoms with van der Waals surface area (Å²) in [7, 11) is 0. The van der Waals surface area contributed by atoms with Gasteiger partial charge in [0.05, 0.1) is 6.10 Å². The third-order valence-electron chi connectivity index (χ3n) is 3.70. The molecule has 18 heavy (non-hydrogen) atoms. The van der Waals surface area contributed by atoms with Crippen LogP contribution >= 0.6 is 15.9 Å². The standard InChI is InChI=1S/C15H22BrNO/c1-11(18)13-6-5-12(9-14(13)16)17-8-4-7-15(2,3)10-17/h5-6,9,11,18H,4,7-8,10H2,1-3H3. The van der Waals surface area contributed by atoms with E-state index in [4.69, 9.17) is 0 Å². The van der Waals surface area contributed by atoms with Gasteiger partial charge >= 0.3 is 0 Å². The minimum absolute atomic E-state index is 0.396. The van der Waals surface area contributed by atoms with E-state index in [0.717, 1.165) is 23.1 Å². The molecule has 1 saturated heterocycles. The molecule has 1 heterocycles. The molecule has 1 N–H and O–H groups in total. The summed E-state index contributed by atoms with van der Waals surface area (Å²) in [5, 5.41) is 9.65. The van der Waals surface area contributed by atoms with Crippen LogP contribution in [0.1, 0.15) is 45.3 Å². The maximum absolute atomic E-state index is 9.65. The van der Waals surface area contributed by atoms with E-state index in [0.29, 0.717) is 5.41 Å². The van der Waals surface area contributed by atoms with Crippen molar-refractivity contribution in [2.45, 2.75) is 39.7 Å². The zero-order valence-corrected chi connectivity index (χ0v) is 13.0. The summed E-state index contributed by atoms with van der Waals surface area (Å²) in [6.07, 6.45) is 2.13. The Morgan fingerprint density at radius 2 is 2.11 bits per heavy atom. The van der Waals surface area contributed by atoms with Crippen LogP contribution in [0.15, 0.2) is 22.7 Å². The fourth-order valence-corrected chi connectivity index (χ4v) is 3.39. The number of aliphatic hydroxyl groups is 1. The van der Waals surface area contributed by atoms with Gasteiger partial charge in [0.15, 0.2) is 0 Å². The van der Waals surface area contributed by atoms with Gasteiger partial charge in [0.1, 0.15) is 0 Å². The van der Waals surface area contributed by atoms with Crippen LogP contribution in [-0.2, 0) is 0 Å². The number of aliphatic hydroxyl groups excluding tert-OH is 1. The Labute approximate surface area is 118 Å². The van der Waals surface area contributed by atoms with Crippen LogP contribution in [0.25, 0.3) is 0 Å². The molecule has 1 fully saturated rings. The summed E-state index contributed by atoms with van der Waals surface area (Å²) in [4.78, 5) is 2.44. The van der Waals surface area contributed by atoms with Crippen LogP contribution in [-0.4, -0.2) is 18.2 Å². The molecule has 0 saturated carbocycles. The summed E-state index contributed by atoms with van der Waals surface area (Å²) >= 11 is 3.56. The SMILES string of the molecule is CC(O)c1ccc(N2CCCC(C)(C)C2)cc1Br. The predicted molar refractivity (Wildman–Crippen MR) is 80.0 cm³/mol. The second kappa shape index (κ2) is 5.22. The maximum Gasteiger partial charge on any atom is 0.0772 e. The molecule has 0 aliphatic carbocycles. The predicted octanol–water partition coefficient (Wildman–Crippen LogP) is 4.13. The number of piperidine rings is 1. The van der Waals surface area contributed by atoms with Gasteiger partial charge in [0.2, 0.25) is 0 Å². The monoisotopic (exact) mass is 311 g/mol. The highest BCUT2D eigenvalue weighted by atomic mass is 79.9. The molecule has 1 aliphatic heterocycles. The summed E-state index contributed by atoms with van der Waals surface area (Å²) in [6.45, 7) is 8.69. The summed E-state index contributed by atoms with van der Waals surface area (Å²) in [5.41, 5.74) is 2.60. The fourth-order valence-electron chi connectivity index (χ4n) is 2.70. The summed E-state index contributed by atoms with van der Waals surface area (Å²) in [5.74, 6) is 0. The second-order valence-corrected chi connectivity index (χ2v) is 6.93. The second-order valence-electron chi connectivity index (χ2n) is 6.07. The first-order valence-corrected chi connectivity index (χ1v) is 7.41. The number of rotatable bonds is 2. The van der Waals surface area contributed by atoms with Gasteiger partial charge in [-0.05, 0) is 42.9 Å². The molecule has 0 spiro atoms. The molecule has 1 unspecified atom stereocenters. The lowest BCUT2D eigenvalue weighted by Gasteiger charge is -2.39. The topological polar surface area (TPSA) is 23.5 Å². The van der Waals surface area contributed by atoms with E-state index in [1.807, 2.05) is 6.07 Å². The fraction of sp³-hybridized carbons (Fsp3) is 0.600. The third kappa shape index (κ3) is 3.07. The molecule has 3 heteroatoms. The minimum atomic E-state index is -0.425. The third-order valence-corrected chi connectivity index (χ3v) is 4.39. The van der Waals surface area contributed by atoms with Crippen molar-refractivity contribution >= 4 is 21.6 Å². The van der Waals surface area contributed by atoms with Gasteiger partial charge in [0.25, 0.3) is 0 Å². The van der Waals surface area contributed by atoms with Crippen LogP contribution in [0.4, 0.5) is 5.69 Å². The van der Waals surface area contributed by atoms with Crippen molar-refractivity contribution in [3.05, 3.63) is 28.2 Å². The molecule has 0 amide bonds. The highest BCUT2D eigenvalue weighted by Crippen LogP contribution is 2.34. The number of nitrogens with zero attached hydrogens (tertiary/aromatic N) is 1. The molecule has 0 bridgehead atoms. The molecule has 2 rings (SSSR count). The molecular weight excluding hydrogens is 290 g/mol. The van der Waals surface area contributed by atoms with Gasteiger partial charge in [0, 0.05) is 23.2 Å². The highest BCUT2D eigenvalue weighted by Gasteiger charge is 2.26. The van der Waals surface area contributed by atoms with E-state index in [9.17, 15) is 5.11 Å². The van der Waals surface area contributed by atoms with Crippen molar-refractivity contribution in [2.75, 3.05) is 18.0 Å². The quantitative estimate of drug-likeness (QED) is 0.887. The Morgan fingerprint density at radius 1 is 1.39 bits per heavy atom. The number of hydrogen-bond donors (Lipinski definition) is 1. The summed E-state index contributed by atoms with van der Waals surface area (Å²) < 4.78 is 0.998.